The Morgan fingerprint density at radius 3 is 2.71 bits per heavy atom. The van der Waals surface area contributed by atoms with Gasteiger partial charge in [-0.1, -0.05) is 0 Å². The number of hydrogen-bond donors (Lipinski definition) is 2. The molecule has 0 radical (unpaired) electrons. The summed E-state index contributed by atoms with van der Waals surface area (Å²) in [4.78, 5) is 26.3. The molecule has 94 valence electrons. The number of hydrogen-bond acceptors (Lipinski definition) is 6. The monoisotopic (exact) mass is 258 g/mol. The fourth-order valence-corrected chi connectivity index (χ4v) is 1.31. The number of nitrogens with one attached hydrogen (secondary N) is 2. The maximum atomic E-state index is 11.3. The van der Waals surface area contributed by atoms with Gasteiger partial charge in [-0.2, -0.15) is 4.37 Å². The number of rotatable bonds is 3. The van der Waals surface area contributed by atoms with Crippen molar-refractivity contribution in [2.24, 2.45) is 0 Å². The number of carbonyl (C=O) groups is 2. The molecule has 0 fully saturated rings. The van der Waals surface area contributed by atoms with Crippen LogP contribution in [0, 0.1) is 0 Å². The molecule has 17 heavy (non-hydrogen) atoms. The highest BCUT2D eigenvalue weighted by atomic mass is 32.1. The van der Waals surface area contributed by atoms with Gasteiger partial charge in [0.1, 0.15) is 18.5 Å². The van der Waals surface area contributed by atoms with Gasteiger partial charge >= 0.3 is 6.09 Å². The van der Waals surface area contributed by atoms with Gasteiger partial charge in [-0.25, -0.2) is 9.78 Å². The third kappa shape index (κ3) is 5.81. The zero-order valence-corrected chi connectivity index (χ0v) is 10.6. The predicted octanol–water partition coefficient (Wildman–Crippen LogP) is 1.00. The number of carbonyl (C=O) groups excluding carboxylic acids is 2. The van der Waals surface area contributed by atoms with Crippen molar-refractivity contribution in [2.75, 3.05) is 11.9 Å². The second-order valence-electron chi connectivity index (χ2n) is 4.15. The van der Waals surface area contributed by atoms with E-state index in [1.807, 2.05) is 0 Å². The molecule has 2 amide bonds. The van der Waals surface area contributed by atoms with E-state index in [9.17, 15) is 9.59 Å². The van der Waals surface area contributed by atoms with Gasteiger partial charge in [0.25, 0.3) is 0 Å². The number of alkyl carbamates (subject to hydrolysis) is 1. The van der Waals surface area contributed by atoms with Gasteiger partial charge in [-0.15, -0.1) is 0 Å². The molecule has 7 nitrogen and oxygen atoms in total. The van der Waals surface area contributed by atoms with Crippen molar-refractivity contribution in [1.29, 1.82) is 0 Å². The molecule has 1 aromatic rings. The first kappa shape index (κ1) is 13.4. The molecule has 0 aliphatic rings. The van der Waals surface area contributed by atoms with Crippen LogP contribution in [0.3, 0.4) is 0 Å². The Hall–Kier alpha value is -1.70. The van der Waals surface area contributed by atoms with E-state index in [4.69, 9.17) is 4.74 Å². The first-order valence-electron chi connectivity index (χ1n) is 4.90. The van der Waals surface area contributed by atoms with Crippen LogP contribution in [0.2, 0.25) is 0 Å². The second kappa shape index (κ2) is 5.58. The topological polar surface area (TPSA) is 93.2 Å². The van der Waals surface area contributed by atoms with E-state index in [2.05, 4.69) is 20.0 Å². The third-order valence-electron chi connectivity index (χ3n) is 1.40. The molecule has 1 rings (SSSR count). The number of aromatic nitrogens is 2. The fourth-order valence-electron chi connectivity index (χ4n) is 0.858. The fraction of sp³-hybridized carbons (Fsp3) is 0.556. The average molecular weight is 258 g/mol. The summed E-state index contributed by atoms with van der Waals surface area (Å²) >= 11 is 1.06. The minimum absolute atomic E-state index is 0.172. The van der Waals surface area contributed by atoms with E-state index in [1.54, 1.807) is 20.8 Å². The van der Waals surface area contributed by atoms with E-state index in [1.165, 1.54) is 6.33 Å². The Bertz CT molecular complexity index is 385. The van der Waals surface area contributed by atoms with E-state index in [0.717, 1.165) is 11.5 Å². The van der Waals surface area contributed by atoms with E-state index in [-0.39, 0.29) is 12.5 Å². The van der Waals surface area contributed by atoms with Crippen LogP contribution in [0.4, 0.5) is 9.93 Å². The normalized spacial score (nSPS) is 10.8. The highest BCUT2D eigenvalue weighted by Crippen LogP contribution is 2.07. The molecule has 0 aromatic carbocycles. The summed E-state index contributed by atoms with van der Waals surface area (Å²) in [6.07, 6.45) is 0.701. The molecule has 2 N–H and O–H groups in total. The highest BCUT2D eigenvalue weighted by Gasteiger charge is 2.16. The smallest absolute Gasteiger partial charge is 0.408 e. The Kier molecular flexibility index (Phi) is 4.38. The zero-order chi connectivity index (χ0) is 12.9. The van der Waals surface area contributed by atoms with Crippen LogP contribution in [-0.4, -0.2) is 33.5 Å². The summed E-state index contributed by atoms with van der Waals surface area (Å²) in [5.74, 6) is -0.382. The summed E-state index contributed by atoms with van der Waals surface area (Å²) in [5.41, 5.74) is -0.584. The lowest BCUT2D eigenvalue weighted by molar-refractivity contribution is -0.115. The van der Waals surface area contributed by atoms with Gasteiger partial charge in [0, 0.05) is 11.5 Å². The Morgan fingerprint density at radius 1 is 1.47 bits per heavy atom. The van der Waals surface area contributed by atoms with Gasteiger partial charge in [0.15, 0.2) is 0 Å². The summed E-state index contributed by atoms with van der Waals surface area (Å²) in [7, 11) is 0. The minimum atomic E-state index is -0.634. The van der Waals surface area contributed by atoms with Crippen LogP contribution in [0.25, 0.3) is 0 Å². The van der Waals surface area contributed by atoms with Crippen molar-refractivity contribution in [3.05, 3.63) is 6.33 Å². The Morgan fingerprint density at radius 2 is 2.18 bits per heavy atom. The van der Waals surface area contributed by atoms with Crippen LogP contribution in [0.15, 0.2) is 6.33 Å². The van der Waals surface area contributed by atoms with Gasteiger partial charge in [-0.05, 0) is 20.8 Å². The molecule has 1 aromatic heterocycles. The first-order valence-corrected chi connectivity index (χ1v) is 5.67. The van der Waals surface area contributed by atoms with Crippen LogP contribution < -0.4 is 10.6 Å². The van der Waals surface area contributed by atoms with Gasteiger partial charge in [-0.3, -0.25) is 10.1 Å². The van der Waals surface area contributed by atoms with Crippen LogP contribution >= 0.6 is 11.5 Å². The molecule has 0 unspecified atom stereocenters. The van der Waals surface area contributed by atoms with Crippen molar-refractivity contribution in [1.82, 2.24) is 14.7 Å². The van der Waals surface area contributed by atoms with Crippen molar-refractivity contribution in [3.8, 4) is 0 Å². The Balaban J connectivity index is 2.26. The predicted molar refractivity (Wildman–Crippen MR) is 62.8 cm³/mol. The van der Waals surface area contributed by atoms with Crippen LogP contribution in [0.5, 0.6) is 0 Å². The zero-order valence-electron chi connectivity index (χ0n) is 9.81. The average Bonchev–Trinajstić information content (AvgIpc) is 2.64. The molecule has 1 heterocycles. The van der Waals surface area contributed by atoms with Crippen LogP contribution in [-0.2, 0) is 9.53 Å². The molecule has 0 saturated carbocycles. The maximum Gasteiger partial charge on any atom is 0.408 e. The van der Waals surface area contributed by atoms with Crippen molar-refractivity contribution >= 4 is 28.7 Å². The van der Waals surface area contributed by atoms with E-state index >= 15 is 0 Å². The summed E-state index contributed by atoms with van der Waals surface area (Å²) < 4.78 is 8.69. The lowest BCUT2D eigenvalue weighted by Crippen LogP contribution is -2.37. The van der Waals surface area contributed by atoms with Gasteiger partial charge in [0.05, 0.1) is 0 Å². The molecule has 0 spiro atoms. The largest absolute Gasteiger partial charge is 0.444 e. The molecule has 0 saturated heterocycles. The number of amides is 2. The quantitative estimate of drug-likeness (QED) is 0.843. The molecule has 0 atom stereocenters. The van der Waals surface area contributed by atoms with Crippen molar-refractivity contribution < 1.29 is 14.3 Å². The first-order chi connectivity index (χ1) is 7.87. The molecule has 0 bridgehead atoms. The third-order valence-corrected chi connectivity index (χ3v) is 1.98. The van der Waals surface area contributed by atoms with Gasteiger partial charge < -0.3 is 10.1 Å². The summed E-state index contributed by atoms with van der Waals surface area (Å²) in [6.45, 7) is 5.06. The molecule has 0 aliphatic heterocycles. The SMILES string of the molecule is CC(C)(C)OC(=O)NCC(=O)Nc1ncns1. The standard InChI is InChI=1S/C9H14N4O3S/c1-9(2,3)16-8(15)10-4-6(14)13-7-11-5-12-17-7/h5H,4H2,1-3H3,(H,10,15)(H,11,12,13,14). The number of anilines is 1. The van der Waals surface area contributed by atoms with Gasteiger partial charge in [0.2, 0.25) is 11.0 Å². The van der Waals surface area contributed by atoms with Crippen LogP contribution in [0.1, 0.15) is 20.8 Å². The molecular formula is C9H14N4O3S. The minimum Gasteiger partial charge on any atom is -0.444 e. The summed E-state index contributed by atoms with van der Waals surface area (Å²) in [6, 6.07) is 0. The Labute approximate surface area is 103 Å². The van der Waals surface area contributed by atoms with E-state index < -0.39 is 11.7 Å². The lowest BCUT2D eigenvalue weighted by Gasteiger charge is -2.19. The maximum absolute atomic E-state index is 11.3. The van der Waals surface area contributed by atoms with Crippen molar-refractivity contribution in [2.45, 2.75) is 26.4 Å². The highest BCUT2D eigenvalue weighted by molar-refractivity contribution is 7.09. The summed E-state index contributed by atoms with van der Waals surface area (Å²) in [5, 5.41) is 5.20. The second-order valence-corrected chi connectivity index (χ2v) is 4.93. The molecule has 0 aliphatic carbocycles. The number of ether oxygens (including phenoxy) is 1. The number of nitrogens with zero attached hydrogens (tertiary/aromatic N) is 2. The lowest BCUT2D eigenvalue weighted by atomic mass is 10.2. The van der Waals surface area contributed by atoms with Crippen molar-refractivity contribution in [3.63, 3.8) is 0 Å². The van der Waals surface area contributed by atoms with E-state index in [0.29, 0.717) is 5.13 Å². The molecule has 8 heteroatoms. The molecular weight excluding hydrogens is 244 g/mol.